The third kappa shape index (κ3) is 4.54. The Hall–Kier alpha value is -1.94. The van der Waals surface area contributed by atoms with Crippen LogP contribution in [0.1, 0.15) is 24.8 Å². The van der Waals surface area contributed by atoms with E-state index >= 15 is 0 Å². The average Bonchev–Trinajstić information content (AvgIpc) is 3.17. The molecule has 6 heteroatoms. The topological polar surface area (TPSA) is 30.3 Å². The van der Waals surface area contributed by atoms with Crippen LogP contribution in [-0.2, 0) is 0 Å². The molecule has 0 aliphatic carbocycles. The van der Waals surface area contributed by atoms with Gasteiger partial charge in [-0.3, -0.25) is 4.90 Å². The van der Waals surface area contributed by atoms with Crippen molar-refractivity contribution in [2.45, 2.75) is 36.1 Å². The highest BCUT2D eigenvalue weighted by atomic mass is 32.2. The van der Waals surface area contributed by atoms with Crippen LogP contribution in [0.25, 0.3) is 11.1 Å². The summed E-state index contributed by atoms with van der Waals surface area (Å²) in [5, 5.41) is 8.90. The number of alkyl halides is 2. The molecule has 2 saturated heterocycles. The summed E-state index contributed by atoms with van der Waals surface area (Å²) >= 11 is 1.74. The van der Waals surface area contributed by atoms with Crippen molar-refractivity contribution in [1.82, 2.24) is 9.21 Å². The molecule has 3 nitrogen and oxygen atoms in total. The molecule has 0 saturated carbocycles. The SMILES string of the molecule is N#Cc1ccc(-c2ccc(SN3CCC(N4CCC(F)(F)CC4)C3)cc2)cc1. The predicted molar refractivity (Wildman–Crippen MR) is 108 cm³/mol. The van der Waals surface area contributed by atoms with Crippen LogP contribution < -0.4 is 0 Å². The number of hydrogen-bond acceptors (Lipinski definition) is 4. The summed E-state index contributed by atoms with van der Waals surface area (Å²) in [6.45, 7) is 2.93. The highest BCUT2D eigenvalue weighted by Gasteiger charge is 2.38. The Morgan fingerprint density at radius 1 is 0.929 bits per heavy atom. The van der Waals surface area contributed by atoms with E-state index in [-0.39, 0.29) is 12.8 Å². The maximum atomic E-state index is 13.4. The molecular weight excluding hydrogens is 376 g/mol. The molecule has 0 bridgehead atoms. The van der Waals surface area contributed by atoms with Crippen LogP contribution in [0, 0.1) is 11.3 Å². The minimum Gasteiger partial charge on any atom is -0.299 e. The number of rotatable bonds is 4. The minimum atomic E-state index is -2.47. The number of likely N-dealkylation sites (tertiary alicyclic amines) is 1. The van der Waals surface area contributed by atoms with Crippen molar-refractivity contribution in [3.05, 3.63) is 54.1 Å². The Bertz CT molecular complexity index is 836. The van der Waals surface area contributed by atoms with E-state index in [1.54, 1.807) is 11.9 Å². The van der Waals surface area contributed by atoms with Crippen molar-refractivity contribution in [3.63, 3.8) is 0 Å². The van der Waals surface area contributed by atoms with Gasteiger partial charge in [-0.15, -0.1) is 0 Å². The molecule has 2 aliphatic heterocycles. The Morgan fingerprint density at radius 3 is 2.14 bits per heavy atom. The molecule has 1 atom stereocenters. The lowest BCUT2D eigenvalue weighted by Crippen LogP contribution is -2.45. The Morgan fingerprint density at radius 2 is 1.54 bits per heavy atom. The van der Waals surface area contributed by atoms with E-state index in [2.05, 4.69) is 39.5 Å². The molecule has 146 valence electrons. The first-order valence-electron chi connectivity index (χ1n) is 9.68. The second kappa shape index (κ2) is 8.20. The highest BCUT2D eigenvalue weighted by Crippen LogP contribution is 2.33. The number of piperidine rings is 1. The third-order valence-electron chi connectivity index (χ3n) is 5.61. The molecule has 0 amide bonds. The first kappa shape index (κ1) is 19.4. The molecule has 1 unspecified atom stereocenters. The van der Waals surface area contributed by atoms with Gasteiger partial charge in [0.15, 0.2) is 0 Å². The molecule has 2 aromatic rings. The first-order valence-corrected chi connectivity index (χ1v) is 10.5. The van der Waals surface area contributed by atoms with Crippen molar-refractivity contribution in [1.29, 1.82) is 5.26 Å². The van der Waals surface area contributed by atoms with Gasteiger partial charge < -0.3 is 0 Å². The zero-order valence-electron chi connectivity index (χ0n) is 15.7. The van der Waals surface area contributed by atoms with Gasteiger partial charge >= 0.3 is 0 Å². The van der Waals surface area contributed by atoms with E-state index < -0.39 is 5.92 Å². The fraction of sp³-hybridized carbons (Fsp3) is 0.409. The standard InChI is InChI=1S/C22H23F2N3S/c23-22(24)10-13-26(14-11-22)20-9-12-27(16-20)28-21-7-5-19(6-8-21)18-3-1-17(15-25)2-4-18/h1-8,20H,9-14,16H2. The lowest BCUT2D eigenvalue weighted by atomic mass is 10.0. The maximum absolute atomic E-state index is 13.4. The quantitative estimate of drug-likeness (QED) is 0.674. The number of hydrogen-bond donors (Lipinski definition) is 0. The zero-order valence-corrected chi connectivity index (χ0v) is 16.5. The summed E-state index contributed by atoms with van der Waals surface area (Å²) in [5.41, 5.74) is 2.89. The van der Waals surface area contributed by atoms with Crippen LogP contribution in [0.4, 0.5) is 8.78 Å². The molecule has 0 radical (unpaired) electrons. The number of halogens is 2. The largest absolute Gasteiger partial charge is 0.299 e. The maximum Gasteiger partial charge on any atom is 0.250 e. The lowest BCUT2D eigenvalue weighted by molar-refractivity contribution is -0.0617. The summed E-state index contributed by atoms with van der Waals surface area (Å²) in [6, 6.07) is 18.6. The van der Waals surface area contributed by atoms with E-state index in [0.29, 0.717) is 24.7 Å². The molecular formula is C22H23F2N3S. The van der Waals surface area contributed by atoms with Crippen molar-refractivity contribution < 1.29 is 8.78 Å². The molecule has 2 fully saturated rings. The zero-order chi connectivity index (χ0) is 19.6. The van der Waals surface area contributed by atoms with Gasteiger partial charge in [0.2, 0.25) is 0 Å². The van der Waals surface area contributed by atoms with E-state index in [4.69, 9.17) is 5.26 Å². The Labute approximate surface area is 169 Å². The number of nitrogens with zero attached hydrogens (tertiary/aromatic N) is 3. The summed E-state index contributed by atoms with van der Waals surface area (Å²) < 4.78 is 29.1. The van der Waals surface area contributed by atoms with E-state index in [1.807, 2.05) is 24.3 Å². The van der Waals surface area contributed by atoms with Crippen LogP contribution in [0.2, 0.25) is 0 Å². The van der Waals surface area contributed by atoms with Gasteiger partial charge in [0, 0.05) is 50.0 Å². The molecule has 2 aromatic carbocycles. The van der Waals surface area contributed by atoms with Gasteiger partial charge in [-0.05, 0) is 53.8 Å². The monoisotopic (exact) mass is 399 g/mol. The van der Waals surface area contributed by atoms with Crippen LogP contribution >= 0.6 is 11.9 Å². The molecule has 0 N–H and O–H groups in total. The van der Waals surface area contributed by atoms with Crippen LogP contribution in [0.3, 0.4) is 0 Å². The molecule has 0 spiro atoms. The third-order valence-corrected chi connectivity index (χ3v) is 6.68. The fourth-order valence-corrected chi connectivity index (χ4v) is 4.90. The summed E-state index contributed by atoms with van der Waals surface area (Å²) in [7, 11) is 0. The van der Waals surface area contributed by atoms with E-state index in [1.165, 1.54) is 4.90 Å². The number of nitriles is 1. The normalized spacial score (nSPS) is 22.8. The van der Waals surface area contributed by atoms with Gasteiger partial charge in [0.25, 0.3) is 5.92 Å². The van der Waals surface area contributed by atoms with E-state index in [0.717, 1.165) is 30.6 Å². The van der Waals surface area contributed by atoms with Crippen molar-refractivity contribution in [2.75, 3.05) is 26.2 Å². The molecule has 28 heavy (non-hydrogen) atoms. The fourth-order valence-electron chi connectivity index (χ4n) is 3.90. The number of benzene rings is 2. The van der Waals surface area contributed by atoms with Crippen LogP contribution in [-0.4, -0.2) is 47.3 Å². The Balaban J connectivity index is 1.32. The van der Waals surface area contributed by atoms with Gasteiger partial charge in [-0.1, -0.05) is 24.3 Å². The molecule has 4 rings (SSSR count). The second-order valence-electron chi connectivity index (χ2n) is 7.53. The van der Waals surface area contributed by atoms with Crippen molar-refractivity contribution >= 4 is 11.9 Å². The van der Waals surface area contributed by atoms with Crippen molar-refractivity contribution in [3.8, 4) is 17.2 Å². The van der Waals surface area contributed by atoms with Gasteiger partial charge in [-0.2, -0.15) is 5.26 Å². The Kier molecular flexibility index (Phi) is 5.68. The minimum absolute atomic E-state index is 0.00650. The van der Waals surface area contributed by atoms with Crippen molar-refractivity contribution in [2.24, 2.45) is 0 Å². The van der Waals surface area contributed by atoms with Crippen LogP contribution in [0.5, 0.6) is 0 Å². The van der Waals surface area contributed by atoms with Gasteiger partial charge in [0.1, 0.15) is 0 Å². The van der Waals surface area contributed by atoms with E-state index in [9.17, 15) is 8.78 Å². The van der Waals surface area contributed by atoms with Gasteiger partial charge in [-0.25, -0.2) is 13.1 Å². The highest BCUT2D eigenvalue weighted by molar-refractivity contribution is 7.97. The van der Waals surface area contributed by atoms with Gasteiger partial charge in [0.05, 0.1) is 11.6 Å². The molecule has 2 heterocycles. The summed E-state index contributed by atoms with van der Waals surface area (Å²) in [6.07, 6.45) is 1.03. The molecule has 0 aromatic heterocycles. The smallest absolute Gasteiger partial charge is 0.250 e. The second-order valence-corrected chi connectivity index (χ2v) is 8.70. The lowest BCUT2D eigenvalue weighted by Gasteiger charge is -2.35. The van der Waals surface area contributed by atoms with Crippen LogP contribution in [0.15, 0.2) is 53.4 Å². The molecule has 2 aliphatic rings. The summed E-state index contributed by atoms with van der Waals surface area (Å²) in [4.78, 5) is 3.43. The first-order chi connectivity index (χ1) is 13.5. The predicted octanol–water partition coefficient (Wildman–Crippen LogP) is 5.04. The summed E-state index contributed by atoms with van der Waals surface area (Å²) in [5.74, 6) is -2.47. The average molecular weight is 400 g/mol.